The van der Waals surface area contributed by atoms with Crippen LogP contribution in [0.3, 0.4) is 0 Å². The molecule has 142 valence electrons. The quantitative estimate of drug-likeness (QED) is 0.575. The largest absolute Gasteiger partial charge is 0.394 e. The predicted molar refractivity (Wildman–Crippen MR) is 111 cm³/mol. The van der Waals surface area contributed by atoms with Crippen LogP contribution < -0.4 is 10.6 Å². The van der Waals surface area contributed by atoms with Gasteiger partial charge in [0.2, 0.25) is 5.95 Å². The zero-order valence-electron chi connectivity index (χ0n) is 15.9. The summed E-state index contributed by atoms with van der Waals surface area (Å²) in [6.07, 6.45) is 0. The molecule has 1 atom stereocenters. The molecule has 0 saturated heterocycles. The molecule has 0 aliphatic rings. The molecule has 0 saturated carbocycles. The van der Waals surface area contributed by atoms with Gasteiger partial charge in [0.25, 0.3) is 0 Å². The first-order valence-electron chi connectivity index (χ1n) is 9.18. The average molecular weight is 373 g/mol. The second kappa shape index (κ2) is 8.98. The van der Waals surface area contributed by atoms with Gasteiger partial charge in [0.1, 0.15) is 5.82 Å². The number of hydrogen-bond donors (Lipinski definition) is 3. The SMILES string of the molecule is CC(C)[C@@H](CO)Nc1nc(Nc2cccc(C#N)c2)cc(-c2ccccc2)n1. The van der Waals surface area contributed by atoms with Crippen molar-refractivity contribution in [2.24, 2.45) is 5.92 Å². The number of rotatable bonds is 7. The number of nitrogens with one attached hydrogen (secondary N) is 2. The van der Waals surface area contributed by atoms with Crippen molar-refractivity contribution in [2.45, 2.75) is 19.9 Å². The normalized spacial score (nSPS) is 11.7. The van der Waals surface area contributed by atoms with Gasteiger partial charge in [-0.05, 0) is 24.1 Å². The van der Waals surface area contributed by atoms with Crippen molar-refractivity contribution < 1.29 is 5.11 Å². The van der Waals surface area contributed by atoms with Crippen LogP contribution in [0.4, 0.5) is 17.5 Å². The van der Waals surface area contributed by atoms with Crippen LogP contribution in [-0.4, -0.2) is 27.7 Å². The predicted octanol–water partition coefficient (Wildman–Crippen LogP) is 4.19. The molecule has 0 aliphatic heterocycles. The Morgan fingerprint density at radius 2 is 1.82 bits per heavy atom. The molecule has 0 spiro atoms. The highest BCUT2D eigenvalue weighted by Gasteiger charge is 2.15. The molecule has 1 aromatic heterocycles. The summed E-state index contributed by atoms with van der Waals surface area (Å²) in [5, 5.41) is 25.2. The number of anilines is 3. The van der Waals surface area contributed by atoms with Gasteiger partial charge in [-0.15, -0.1) is 0 Å². The second-order valence-corrected chi connectivity index (χ2v) is 6.82. The third kappa shape index (κ3) is 4.84. The van der Waals surface area contributed by atoms with E-state index in [0.29, 0.717) is 17.3 Å². The Balaban J connectivity index is 1.98. The molecule has 3 rings (SSSR count). The van der Waals surface area contributed by atoms with Gasteiger partial charge in [-0.3, -0.25) is 0 Å². The van der Waals surface area contributed by atoms with E-state index in [1.807, 2.05) is 62.4 Å². The molecule has 6 heteroatoms. The summed E-state index contributed by atoms with van der Waals surface area (Å²) >= 11 is 0. The highest BCUT2D eigenvalue weighted by Crippen LogP contribution is 2.24. The van der Waals surface area contributed by atoms with E-state index in [4.69, 9.17) is 5.26 Å². The minimum absolute atomic E-state index is 0.0103. The molecule has 3 aromatic rings. The van der Waals surface area contributed by atoms with Crippen LogP contribution in [0, 0.1) is 17.2 Å². The Labute approximate surface area is 164 Å². The molecule has 1 heterocycles. The molecular weight excluding hydrogens is 350 g/mol. The summed E-state index contributed by atoms with van der Waals surface area (Å²) in [6, 6.07) is 20.9. The first-order chi connectivity index (χ1) is 13.6. The van der Waals surface area contributed by atoms with Gasteiger partial charge in [0.05, 0.1) is 30.0 Å². The maximum Gasteiger partial charge on any atom is 0.225 e. The summed E-state index contributed by atoms with van der Waals surface area (Å²) in [6.45, 7) is 4.05. The van der Waals surface area contributed by atoms with Crippen LogP contribution >= 0.6 is 0 Å². The van der Waals surface area contributed by atoms with E-state index in [9.17, 15) is 5.11 Å². The fourth-order valence-electron chi connectivity index (χ4n) is 2.74. The summed E-state index contributed by atoms with van der Waals surface area (Å²) in [5.41, 5.74) is 3.07. The minimum Gasteiger partial charge on any atom is -0.394 e. The smallest absolute Gasteiger partial charge is 0.225 e. The lowest BCUT2D eigenvalue weighted by atomic mass is 10.1. The second-order valence-electron chi connectivity index (χ2n) is 6.82. The van der Waals surface area contributed by atoms with Crippen molar-refractivity contribution in [1.82, 2.24) is 9.97 Å². The van der Waals surface area contributed by atoms with Gasteiger partial charge in [-0.2, -0.15) is 10.2 Å². The molecular formula is C22H23N5O. The summed E-state index contributed by atoms with van der Waals surface area (Å²) in [7, 11) is 0. The van der Waals surface area contributed by atoms with Crippen LogP contribution in [0.15, 0.2) is 60.7 Å². The molecule has 2 aromatic carbocycles. The van der Waals surface area contributed by atoms with Gasteiger partial charge >= 0.3 is 0 Å². The molecule has 0 radical (unpaired) electrons. The van der Waals surface area contributed by atoms with Crippen LogP contribution in [0.1, 0.15) is 19.4 Å². The van der Waals surface area contributed by atoms with E-state index in [2.05, 4.69) is 26.7 Å². The Morgan fingerprint density at radius 3 is 2.50 bits per heavy atom. The van der Waals surface area contributed by atoms with Crippen LogP contribution in [0.5, 0.6) is 0 Å². The maximum atomic E-state index is 9.64. The minimum atomic E-state index is -0.152. The van der Waals surface area contributed by atoms with Gasteiger partial charge in [0, 0.05) is 17.3 Å². The number of nitrogens with zero attached hydrogens (tertiary/aromatic N) is 3. The number of aromatic nitrogens is 2. The molecule has 0 fully saturated rings. The number of nitriles is 1. The summed E-state index contributed by atoms with van der Waals surface area (Å²) < 4.78 is 0. The lowest BCUT2D eigenvalue weighted by Gasteiger charge is -2.20. The highest BCUT2D eigenvalue weighted by molar-refractivity contribution is 5.67. The van der Waals surface area contributed by atoms with E-state index >= 15 is 0 Å². The zero-order chi connectivity index (χ0) is 19.9. The van der Waals surface area contributed by atoms with Crippen molar-refractivity contribution in [3.63, 3.8) is 0 Å². The third-order valence-electron chi connectivity index (χ3n) is 4.38. The molecule has 0 amide bonds. The van der Waals surface area contributed by atoms with E-state index in [-0.39, 0.29) is 18.6 Å². The van der Waals surface area contributed by atoms with E-state index in [1.165, 1.54) is 0 Å². The van der Waals surface area contributed by atoms with Gasteiger partial charge < -0.3 is 15.7 Å². The third-order valence-corrected chi connectivity index (χ3v) is 4.38. The zero-order valence-corrected chi connectivity index (χ0v) is 15.9. The van der Waals surface area contributed by atoms with Crippen molar-refractivity contribution >= 4 is 17.5 Å². The highest BCUT2D eigenvalue weighted by atomic mass is 16.3. The van der Waals surface area contributed by atoms with Crippen molar-refractivity contribution in [3.05, 3.63) is 66.2 Å². The van der Waals surface area contributed by atoms with Crippen molar-refractivity contribution in [2.75, 3.05) is 17.2 Å². The Hall–Kier alpha value is -3.43. The van der Waals surface area contributed by atoms with Gasteiger partial charge in [0.15, 0.2) is 0 Å². The lowest BCUT2D eigenvalue weighted by molar-refractivity contribution is 0.248. The monoisotopic (exact) mass is 373 g/mol. The first kappa shape index (κ1) is 19.3. The first-order valence-corrected chi connectivity index (χ1v) is 9.18. The molecule has 3 N–H and O–H groups in total. The Kier molecular flexibility index (Phi) is 6.20. The van der Waals surface area contributed by atoms with E-state index < -0.39 is 0 Å². The molecule has 0 unspecified atom stereocenters. The Morgan fingerprint density at radius 1 is 1.04 bits per heavy atom. The average Bonchev–Trinajstić information content (AvgIpc) is 2.72. The molecule has 28 heavy (non-hydrogen) atoms. The topological polar surface area (TPSA) is 93.9 Å². The summed E-state index contributed by atoms with van der Waals surface area (Å²) in [4.78, 5) is 9.18. The fraction of sp³-hybridized carbons (Fsp3) is 0.227. The maximum absolute atomic E-state index is 9.64. The van der Waals surface area contributed by atoms with Crippen molar-refractivity contribution in [1.29, 1.82) is 5.26 Å². The van der Waals surface area contributed by atoms with Crippen LogP contribution in [-0.2, 0) is 0 Å². The lowest BCUT2D eigenvalue weighted by Crippen LogP contribution is -2.30. The van der Waals surface area contributed by atoms with Gasteiger partial charge in [-0.25, -0.2) is 4.98 Å². The number of aliphatic hydroxyl groups is 1. The Bertz CT molecular complexity index is 966. The standard InChI is InChI=1S/C22H23N5O/c1-15(2)20(14-28)26-22-25-19(17-8-4-3-5-9-17)12-21(27-22)24-18-10-6-7-16(11-18)13-23/h3-12,15,20,28H,14H2,1-2H3,(H2,24,25,26,27)/t20-/m1/s1. The van der Waals surface area contributed by atoms with E-state index in [0.717, 1.165) is 16.9 Å². The molecule has 0 aliphatic carbocycles. The summed E-state index contributed by atoms with van der Waals surface area (Å²) in [5.74, 6) is 1.26. The van der Waals surface area contributed by atoms with E-state index in [1.54, 1.807) is 12.1 Å². The van der Waals surface area contributed by atoms with Crippen LogP contribution in [0.2, 0.25) is 0 Å². The number of hydrogen-bond acceptors (Lipinski definition) is 6. The number of benzene rings is 2. The van der Waals surface area contributed by atoms with Crippen molar-refractivity contribution in [3.8, 4) is 17.3 Å². The molecule has 0 bridgehead atoms. The van der Waals surface area contributed by atoms with Crippen LogP contribution in [0.25, 0.3) is 11.3 Å². The van der Waals surface area contributed by atoms with Gasteiger partial charge in [-0.1, -0.05) is 50.2 Å². The fourth-order valence-corrected chi connectivity index (χ4v) is 2.74. The molecule has 6 nitrogen and oxygen atoms in total. The number of aliphatic hydroxyl groups excluding tert-OH is 1.